The zero-order valence-electron chi connectivity index (χ0n) is 14.4. The molecule has 1 fully saturated rings. The van der Waals surface area contributed by atoms with E-state index in [0.717, 1.165) is 38.2 Å². The topological polar surface area (TPSA) is 57.5 Å². The first-order chi connectivity index (χ1) is 12.2. The monoisotopic (exact) mass is 341 g/mol. The lowest BCUT2D eigenvalue weighted by molar-refractivity contribution is 0.0520. The van der Waals surface area contributed by atoms with Crippen LogP contribution in [0.15, 0.2) is 47.5 Å². The number of aromatic nitrogens is 1. The Hall–Kier alpha value is -2.40. The van der Waals surface area contributed by atoms with Crippen LogP contribution in [0.5, 0.6) is 0 Å². The summed E-state index contributed by atoms with van der Waals surface area (Å²) in [6, 6.07) is 9.43. The van der Waals surface area contributed by atoms with Crippen molar-refractivity contribution in [2.75, 3.05) is 19.8 Å². The fourth-order valence-corrected chi connectivity index (χ4v) is 3.14. The second-order valence-electron chi connectivity index (χ2n) is 6.25. The highest BCUT2D eigenvalue weighted by Gasteiger charge is 2.19. The third-order valence-electron chi connectivity index (χ3n) is 4.47. The molecule has 25 heavy (non-hydrogen) atoms. The van der Waals surface area contributed by atoms with Crippen LogP contribution in [0.25, 0.3) is 11.1 Å². The van der Waals surface area contributed by atoms with Gasteiger partial charge in [0, 0.05) is 37.7 Å². The Morgan fingerprint density at radius 3 is 2.60 bits per heavy atom. The second-order valence-corrected chi connectivity index (χ2v) is 6.25. The third-order valence-corrected chi connectivity index (χ3v) is 4.47. The molecule has 2 heterocycles. The average Bonchev–Trinajstić information content (AvgIpc) is 2.65. The van der Waals surface area contributed by atoms with Gasteiger partial charge in [0.1, 0.15) is 5.56 Å². The number of ether oxygens (including phenoxy) is 2. The molecular formula is C20H23NO4. The standard InChI is InChI=1S/C20H23NO4/c1-2-25-20(23)18-14-21(12-15-8-10-24-11-9-15)13-17(19(18)22)16-6-4-3-5-7-16/h3-7,13-15H,2,8-12H2,1H3. The van der Waals surface area contributed by atoms with Crippen LogP contribution in [0.4, 0.5) is 0 Å². The molecule has 2 aromatic rings. The van der Waals surface area contributed by atoms with Gasteiger partial charge < -0.3 is 14.0 Å². The number of nitrogens with zero attached hydrogens (tertiary/aromatic N) is 1. The van der Waals surface area contributed by atoms with Gasteiger partial charge in [-0.1, -0.05) is 30.3 Å². The number of carbonyl (C=O) groups excluding carboxylic acids is 1. The molecule has 1 aromatic heterocycles. The zero-order chi connectivity index (χ0) is 17.6. The van der Waals surface area contributed by atoms with Gasteiger partial charge in [-0.3, -0.25) is 4.79 Å². The van der Waals surface area contributed by atoms with Crippen LogP contribution in [-0.4, -0.2) is 30.4 Å². The average molecular weight is 341 g/mol. The summed E-state index contributed by atoms with van der Waals surface area (Å²) in [6.45, 7) is 4.27. The maximum atomic E-state index is 12.8. The molecule has 0 unspecified atom stereocenters. The van der Waals surface area contributed by atoms with Crippen LogP contribution in [-0.2, 0) is 16.0 Å². The van der Waals surface area contributed by atoms with Crippen LogP contribution in [0.3, 0.4) is 0 Å². The Kier molecular flexibility index (Phi) is 5.66. The van der Waals surface area contributed by atoms with E-state index in [1.165, 1.54) is 0 Å². The van der Waals surface area contributed by atoms with Crippen LogP contribution in [0.2, 0.25) is 0 Å². The highest BCUT2D eigenvalue weighted by atomic mass is 16.5. The van der Waals surface area contributed by atoms with Crippen molar-refractivity contribution in [3.05, 3.63) is 58.5 Å². The van der Waals surface area contributed by atoms with Crippen molar-refractivity contribution >= 4 is 5.97 Å². The van der Waals surface area contributed by atoms with Crippen LogP contribution < -0.4 is 5.43 Å². The molecule has 1 aliphatic heterocycles. The smallest absolute Gasteiger partial charge is 0.343 e. The van der Waals surface area contributed by atoms with E-state index in [-0.39, 0.29) is 17.6 Å². The molecule has 0 saturated carbocycles. The number of esters is 1. The summed E-state index contributed by atoms with van der Waals surface area (Å²) in [5.74, 6) is -0.0825. The van der Waals surface area contributed by atoms with E-state index < -0.39 is 5.97 Å². The van der Waals surface area contributed by atoms with Crippen molar-refractivity contribution in [2.24, 2.45) is 5.92 Å². The molecule has 3 rings (SSSR count). The Balaban J connectivity index is 2.01. The number of hydrogen-bond donors (Lipinski definition) is 0. The van der Waals surface area contributed by atoms with E-state index in [1.807, 2.05) is 41.1 Å². The molecule has 132 valence electrons. The van der Waals surface area contributed by atoms with Crippen molar-refractivity contribution in [1.82, 2.24) is 4.57 Å². The number of benzene rings is 1. The molecule has 5 nitrogen and oxygen atoms in total. The lowest BCUT2D eigenvalue weighted by Crippen LogP contribution is -2.25. The summed E-state index contributed by atoms with van der Waals surface area (Å²) < 4.78 is 12.4. The summed E-state index contributed by atoms with van der Waals surface area (Å²) in [5.41, 5.74) is 1.14. The van der Waals surface area contributed by atoms with Crippen molar-refractivity contribution in [1.29, 1.82) is 0 Å². The minimum atomic E-state index is -0.564. The summed E-state index contributed by atoms with van der Waals surface area (Å²) in [5, 5.41) is 0. The van der Waals surface area contributed by atoms with E-state index in [9.17, 15) is 9.59 Å². The van der Waals surface area contributed by atoms with Crippen molar-refractivity contribution in [3.63, 3.8) is 0 Å². The van der Waals surface area contributed by atoms with Gasteiger partial charge in [-0.2, -0.15) is 0 Å². The molecular weight excluding hydrogens is 318 g/mol. The highest BCUT2D eigenvalue weighted by Crippen LogP contribution is 2.20. The molecule has 0 N–H and O–H groups in total. The fraction of sp³-hybridized carbons (Fsp3) is 0.400. The van der Waals surface area contributed by atoms with Crippen molar-refractivity contribution in [2.45, 2.75) is 26.3 Å². The minimum Gasteiger partial charge on any atom is -0.462 e. The van der Waals surface area contributed by atoms with Crippen LogP contribution >= 0.6 is 0 Å². The highest BCUT2D eigenvalue weighted by molar-refractivity contribution is 5.90. The van der Waals surface area contributed by atoms with E-state index in [0.29, 0.717) is 11.5 Å². The SMILES string of the molecule is CCOC(=O)c1cn(CC2CCOCC2)cc(-c2ccccc2)c1=O. The normalized spacial score (nSPS) is 15.1. The molecule has 0 bridgehead atoms. The van der Waals surface area contributed by atoms with Crippen LogP contribution in [0.1, 0.15) is 30.1 Å². The predicted octanol–water partition coefficient (Wildman–Crippen LogP) is 3.12. The van der Waals surface area contributed by atoms with E-state index in [1.54, 1.807) is 13.1 Å². The summed E-state index contributed by atoms with van der Waals surface area (Å²) in [7, 11) is 0. The molecule has 1 aromatic carbocycles. The minimum absolute atomic E-state index is 0.0928. The molecule has 0 radical (unpaired) electrons. The lowest BCUT2D eigenvalue weighted by Gasteiger charge is -2.23. The second kappa shape index (κ2) is 8.12. The molecule has 0 atom stereocenters. The van der Waals surface area contributed by atoms with Crippen molar-refractivity contribution in [3.8, 4) is 11.1 Å². The first kappa shape index (κ1) is 17.4. The predicted molar refractivity (Wildman–Crippen MR) is 95.6 cm³/mol. The van der Waals surface area contributed by atoms with E-state index >= 15 is 0 Å². The van der Waals surface area contributed by atoms with Gasteiger partial charge in [-0.05, 0) is 31.2 Å². The Labute approximate surface area is 147 Å². The Morgan fingerprint density at radius 2 is 1.92 bits per heavy atom. The Bertz CT molecular complexity index is 776. The van der Waals surface area contributed by atoms with Gasteiger partial charge in [0.25, 0.3) is 0 Å². The summed E-state index contributed by atoms with van der Waals surface area (Å²) in [6.07, 6.45) is 5.45. The first-order valence-corrected chi connectivity index (χ1v) is 8.73. The van der Waals surface area contributed by atoms with Gasteiger partial charge >= 0.3 is 5.97 Å². The molecule has 0 aliphatic carbocycles. The van der Waals surface area contributed by atoms with Gasteiger partial charge in [0.05, 0.1) is 6.61 Å². The van der Waals surface area contributed by atoms with Gasteiger partial charge in [0.2, 0.25) is 5.43 Å². The summed E-state index contributed by atoms with van der Waals surface area (Å²) in [4.78, 5) is 25.0. The quantitative estimate of drug-likeness (QED) is 0.784. The zero-order valence-corrected chi connectivity index (χ0v) is 14.4. The lowest BCUT2D eigenvalue weighted by atomic mass is 9.99. The van der Waals surface area contributed by atoms with Gasteiger partial charge in [-0.15, -0.1) is 0 Å². The number of carbonyl (C=O) groups is 1. The molecule has 0 spiro atoms. The third kappa shape index (κ3) is 4.17. The van der Waals surface area contributed by atoms with E-state index in [4.69, 9.17) is 9.47 Å². The van der Waals surface area contributed by atoms with E-state index in [2.05, 4.69) is 0 Å². The fourth-order valence-electron chi connectivity index (χ4n) is 3.14. The Morgan fingerprint density at radius 1 is 1.20 bits per heavy atom. The van der Waals surface area contributed by atoms with Crippen LogP contribution in [0, 0.1) is 5.92 Å². The number of hydrogen-bond acceptors (Lipinski definition) is 4. The van der Waals surface area contributed by atoms with Gasteiger partial charge in [-0.25, -0.2) is 4.79 Å². The summed E-state index contributed by atoms with van der Waals surface area (Å²) >= 11 is 0. The number of pyridine rings is 1. The largest absolute Gasteiger partial charge is 0.462 e. The number of rotatable bonds is 5. The maximum absolute atomic E-state index is 12.8. The molecule has 1 aliphatic rings. The molecule has 1 saturated heterocycles. The van der Waals surface area contributed by atoms with Gasteiger partial charge in [0.15, 0.2) is 0 Å². The molecule has 0 amide bonds. The molecule has 5 heteroatoms. The van der Waals surface area contributed by atoms with Crippen molar-refractivity contribution < 1.29 is 14.3 Å². The maximum Gasteiger partial charge on any atom is 0.343 e. The first-order valence-electron chi connectivity index (χ1n) is 8.73.